The zero-order valence-corrected chi connectivity index (χ0v) is 11.7. The van der Waals surface area contributed by atoms with Crippen molar-refractivity contribution in [3.63, 3.8) is 0 Å². The molecule has 0 radical (unpaired) electrons. The molecule has 5 nitrogen and oxygen atoms in total. The molecule has 0 bridgehead atoms. The van der Waals surface area contributed by atoms with Crippen LogP contribution in [0.15, 0.2) is 35.0 Å². The van der Waals surface area contributed by atoms with Gasteiger partial charge in [-0.15, -0.1) is 0 Å². The van der Waals surface area contributed by atoms with Gasteiger partial charge in [0.05, 0.1) is 6.04 Å². The molecule has 1 atom stereocenters. The number of benzene rings is 1. The van der Waals surface area contributed by atoms with E-state index in [4.69, 9.17) is 4.42 Å². The van der Waals surface area contributed by atoms with Crippen molar-refractivity contribution in [2.75, 3.05) is 6.54 Å². The summed E-state index contributed by atoms with van der Waals surface area (Å²) in [6.07, 6.45) is 2.35. The van der Waals surface area contributed by atoms with Crippen molar-refractivity contribution in [2.24, 2.45) is 0 Å². The summed E-state index contributed by atoms with van der Waals surface area (Å²) in [5.74, 6) is 1.90. The number of aryl methyl sites for hydroxylation is 1. The minimum Gasteiger partial charge on any atom is -0.459 e. The first-order valence-corrected chi connectivity index (χ1v) is 6.81. The molecule has 0 amide bonds. The average Bonchev–Trinajstić information content (AvgIpc) is 3.08. The Kier molecular flexibility index (Phi) is 3.52. The molecule has 20 heavy (non-hydrogen) atoms. The number of H-pyrrole nitrogens is 1. The lowest BCUT2D eigenvalue weighted by molar-refractivity contribution is 0.449. The van der Waals surface area contributed by atoms with Gasteiger partial charge in [0.2, 0.25) is 0 Å². The number of hydrogen-bond donors (Lipinski definition) is 2. The van der Waals surface area contributed by atoms with Crippen molar-refractivity contribution in [3.8, 4) is 0 Å². The number of aromatic nitrogens is 3. The molecule has 0 saturated carbocycles. The maximum atomic E-state index is 5.95. The second-order valence-electron chi connectivity index (χ2n) is 4.95. The smallest absolute Gasteiger partial charge is 0.137 e. The van der Waals surface area contributed by atoms with Gasteiger partial charge in [-0.1, -0.05) is 18.2 Å². The molecule has 0 aliphatic rings. The van der Waals surface area contributed by atoms with E-state index in [9.17, 15) is 0 Å². The van der Waals surface area contributed by atoms with Gasteiger partial charge in [-0.05, 0) is 25.5 Å². The van der Waals surface area contributed by atoms with Crippen LogP contribution in [0.5, 0.6) is 0 Å². The highest BCUT2D eigenvalue weighted by atomic mass is 16.3. The summed E-state index contributed by atoms with van der Waals surface area (Å²) in [6, 6.07) is 8.31. The van der Waals surface area contributed by atoms with E-state index >= 15 is 0 Å². The van der Waals surface area contributed by atoms with Crippen molar-refractivity contribution in [2.45, 2.75) is 26.3 Å². The quantitative estimate of drug-likeness (QED) is 0.748. The van der Waals surface area contributed by atoms with E-state index in [0.717, 1.165) is 30.1 Å². The summed E-state index contributed by atoms with van der Waals surface area (Å²) in [4.78, 5) is 4.11. The second kappa shape index (κ2) is 5.46. The molecule has 2 N–H and O–H groups in total. The van der Waals surface area contributed by atoms with Crippen molar-refractivity contribution in [3.05, 3.63) is 47.7 Å². The molecule has 0 spiro atoms. The van der Waals surface area contributed by atoms with Gasteiger partial charge in [0.15, 0.2) is 0 Å². The summed E-state index contributed by atoms with van der Waals surface area (Å²) >= 11 is 0. The van der Waals surface area contributed by atoms with Crippen LogP contribution in [0.25, 0.3) is 11.0 Å². The zero-order valence-electron chi connectivity index (χ0n) is 11.7. The van der Waals surface area contributed by atoms with E-state index in [1.807, 2.05) is 18.2 Å². The van der Waals surface area contributed by atoms with Crippen LogP contribution >= 0.6 is 0 Å². The fourth-order valence-corrected chi connectivity index (χ4v) is 2.46. The average molecular weight is 270 g/mol. The van der Waals surface area contributed by atoms with Gasteiger partial charge in [-0.25, -0.2) is 4.98 Å². The van der Waals surface area contributed by atoms with Crippen LogP contribution in [0.3, 0.4) is 0 Å². The molecule has 5 heteroatoms. The summed E-state index contributed by atoms with van der Waals surface area (Å²) < 4.78 is 5.95. The molecule has 1 aromatic carbocycles. The van der Waals surface area contributed by atoms with Crippen LogP contribution in [0.1, 0.15) is 30.1 Å². The van der Waals surface area contributed by atoms with Gasteiger partial charge in [-0.2, -0.15) is 5.10 Å². The lowest BCUT2D eigenvalue weighted by atomic mass is 10.1. The lowest BCUT2D eigenvalue weighted by Crippen LogP contribution is -2.21. The Morgan fingerprint density at radius 2 is 2.20 bits per heavy atom. The number of fused-ring (bicyclic) bond motifs is 1. The predicted octanol–water partition coefficient (Wildman–Crippen LogP) is 2.75. The summed E-state index contributed by atoms with van der Waals surface area (Å²) in [5, 5.41) is 11.3. The number of para-hydroxylation sites is 1. The fourth-order valence-electron chi connectivity index (χ4n) is 2.46. The number of nitrogens with one attached hydrogen (secondary N) is 2. The van der Waals surface area contributed by atoms with Crippen molar-refractivity contribution >= 4 is 11.0 Å². The number of rotatable bonds is 5. The Bertz CT molecular complexity index is 687. The topological polar surface area (TPSA) is 66.7 Å². The van der Waals surface area contributed by atoms with Crippen molar-refractivity contribution in [1.29, 1.82) is 0 Å². The molecule has 3 aromatic rings. The Morgan fingerprint density at radius 3 is 2.95 bits per heavy atom. The van der Waals surface area contributed by atoms with Crippen LogP contribution in [0.2, 0.25) is 0 Å². The van der Waals surface area contributed by atoms with Crippen LogP contribution in [-0.4, -0.2) is 21.7 Å². The molecule has 3 rings (SSSR count). The van der Waals surface area contributed by atoms with Gasteiger partial charge < -0.3 is 9.73 Å². The van der Waals surface area contributed by atoms with Crippen molar-refractivity contribution in [1.82, 2.24) is 20.5 Å². The van der Waals surface area contributed by atoms with Crippen molar-refractivity contribution < 1.29 is 4.42 Å². The Labute approximate surface area is 117 Å². The van der Waals surface area contributed by atoms with Crippen LogP contribution in [-0.2, 0) is 6.42 Å². The summed E-state index contributed by atoms with van der Waals surface area (Å²) in [7, 11) is 0. The van der Waals surface area contributed by atoms with Gasteiger partial charge in [0.25, 0.3) is 0 Å². The standard InChI is InChI=1S/C15H18N4O/c1-10-12-5-3-4-6-13(12)20-15(10)11(2)16-8-7-14-17-9-18-19-14/h3-6,9,11,16H,7-8H2,1-2H3,(H,17,18,19). The third-order valence-electron chi connectivity index (χ3n) is 3.55. The Hall–Kier alpha value is -2.14. The monoisotopic (exact) mass is 270 g/mol. The predicted molar refractivity (Wildman–Crippen MR) is 77.5 cm³/mol. The number of hydrogen-bond acceptors (Lipinski definition) is 4. The number of furan rings is 1. The first kappa shape index (κ1) is 12.9. The van der Waals surface area contributed by atoms with Gasteiger partial charge in [0.1, 0.15) is 23.5 Å². The molecular weight excluding hydrogens is 252 g/mol. The normalized spacial score (nSPS) is 12.9. The summed E-state index contributed by atoms with van der Waals surface area (Å²) in [6.45, 7) is 5.05. The largest absolute Gasteiger partial charge is 0.459 e. The van der Waals surface area contributed by atoms with E-state index in [-0.39, 0.29) is 6.04 Å². The van der Waals surface area contributed by atoms with Gasteiger partial charge in [-0.3, -0.25) is 5.10 Å². The zero-order chi connectivity index (χ0) is 13.9. The highest BCUT2D eigenvalue weighted by Gasteiger charge is 2.15. The van der Waals surface area contributed by atoms with E-state index in [1.54, 1.807) is 0 Å². The maximum absolute atomic E-state index is 5.95. The minimum atomic E-state index is 0.172. The fraction of sp³-hybridized carbons (Fsp3) is 0.333. The second-order valence-corrected chi connectivity index (χ2v) is 4.95. The van der Waals surface area contributed by atoms with E-state index < -0.39 is 0 Å². The molecule has 0 aliphatic carbocycles. The third kappa shape index (κ3) is 2.44. The summed E-state index contributed by atoms with van der Waals surface area (Å²) in [5.41, 5.74) is 2.16. The molecule has 2 heterocycles. The third-order valence-corrected chi connectivity index (χ3v) is 3.55. The molecule has 104 valence electrons. The first-order chi connectivity index (χ1) is 9.75. The minimum absolute atomic E-state index is 0.172. The van der Waals surface area contributed by atoms with Crippen LogP contribution in [0, 0.1) is 6.92 Å². The molecule has 0 saturated heterocycles. The highest BCUT2D eigenvalue weighted by molar-refractivity contribution is 5.82. The lowest BCUT2D eigenvalue weighted by Gasteiger charge is -2.11. The SMILES string of the molecule is Cc1c(C(C)NCCc2ncn[nH]2)oc2ccccc12. The molecule has 0 aliphatic heterocycles. The van der Waals surface area contributed by atoms with Gasteiger partial charge in [0, 0.05) is 18.4 Å². The Balaban J connectivity index is 1.69. The molecule has 2 aromatic heterocycles. The number of aromatic amines is 1. The van der Waals surface area contributed by atoms with E-state index in [0.29, 0.717) is 0 Å². The Morgan fingerprint density at radius 1 is 1.35 bits per heavy atom. The van der Waals surface area contributed by atoms with Crippen LogP contribution < -0.4 is 5.32 Å². The van der Waals surface area contributed by atoms with Crippen LogP contribution in [0.4, 0.5) is 0 Å². The van der Waals surface area contributed by atoms with E-state index in [1.165, 1.54) is 17.3 Å². The first-order valence-electron chi connectivity index (χ1n) is 6.81. The molecular formula is C15H18N4O. The van der Waals surface area contributed by atoms with E-state index in [2.05, 4.69) is 40.4 Å². The van der Waals surface area contributed by atoms with Gasteiger partial charge >= 0.3 is 0 Å². The highest BCUT2D eigenvalue weighted by Crippen LogP contribution is 2.28. The maximum Gasteiger partial charge on any atom is 0.137 e. The molecule has 0 fully saturated rings. The molecule has 1 unspecified atom stereocenters. The number of nitrogens with zero attached hydrogens (tertiary/aromatic N) is 2.